The molecule has 2 saturated heterocycles. The largest absolute Gasteiger partial charge is 0.475 e. The highest BCUT2D eigenvalue weighted by atomic mass is 31.2. The maximum Gasteiger partial charge on any atom is 0.475 e. The van der Waals surface area contributed by atoms with Gasteiger partial charge in [-0.05, 0) is 42.4 Å². The van der Waals surface area contributed by atoms with E-state index in [-0.39, 0.29) is 24.4 Å². The Morgan fingerprint density at radius 1 is 1.25 bits per heavy atom. The Labute approximate surface area is 229 Å². The molecule has 5 atom stereocenters. The van der Waals surface area contributed by atoms with Crippen molar-refractivity contribution in [2.24, 2.45) is 0 Å². The number of ether oxygens (including phenoxy) is 1. The number of nitrogens with two attached hydrogens (primary N) is 1. The average Bonchev–Trinajstić information content (AvgIpc) is 3.08. The molecule has 1 unspecified atom stereocenters. The minimum absolute atomic E-state index is 0.0396. The molecule has 2 fully saturated rings. The van der Waals surface area contributed by atoms with Gasteiger partial charge < -0.3 is 14.9 Å². The fourth-order valence-corrected chi connectivity index (χ4v) is 6.75. The summed E-state index contributed by atoms with van der Waals surface area (Å²) in [6.07, 6.45) is -5.70. The summed E-state index contributed by atoms with van der Waals surface area (Å²) in [6.45, 7) is 8.16. The molecule has 2 aliphatic heterocycles. The Morgan fingerprint density at radius 3 is 2.60 bits per heavy atom. The van der Waals surface area contributed by atoms with Crippen molar-refractivity contribution in [2.75, 3.05) is 18.9 Å². The summed E-state index contributed by atoms with van der Waals surface area (Å²) in [6, 6.07) is 3.90. The van der Waals surface area contributed by atoms with Gasteiger partial charge in [0.2, 0.25) is 6.23 Å². The lowest BCUT2D eigenvalue weighted by molar-refractivity contribution is -0.138. The van der Waals surface area contributed by atoms with E-state index in [4.69, 9.17) is 28.5 Å². The van der Waals surface area contributed by atoms with Gasteiger partial charge in [0.05, 0.1) is 19.3 Å². The first-order chi connectivity index (χ1) is 18.4. The third-order valence-electron chi connectivity index (χ3n) is 7.27. The average molecular weight is 610 g/mol. The summed E-state index contributed by atoms with van der Waals surface area (Å²) < 4.78 is 101. The number of nitrogen functional groups attached to an aromatic ring is 1. The monoisotopic (exact) mass is 609 g/mol. The molecule has 4 rings (SSSR count). The van der Waals surface area contributed by atoms with E-state index < -0.39 is 75.6 Å². The van der Waals surface area contributed by atoms with Crippen molar-refractivity contribution in [2.45, 2.75) is 75.8 Å². The molecule has 10 nitrogen and oxygen atoms in total. The second kappa shape index (κ2) is 10.9. The number of aromatic nitrogens is 2. The van der Waals surface area contributed by atoms with E-state index in [2.05, 4.69) is 4.98 Å². The molecule has 16 heteroatoms. The lowest BCUT2D eigenvalue weighted by Gasteiger charge is -2.40. The van der Waals surface area contributed by atoms with Crippen LogP contribution in [-0.4, -0.2) is 49.2 Å². The number of nitrogens with zero attached hydrogens (tertiary/aromatic N) is 2. The third kappa shape index (κ3) is 6.20. The van der Waals surface area contributed by atoms with Crippen LogP contribution in [0.15, 0.2) is 35.3 Å². The van der Waals surface area contributed by atoms with Crippen LogP contribution < -0.4 is 11.4 Å². The van der Waals surface area contributed by atoms with Gasteiger partial charge in [-0.15, -0.1) is 0 Å². The van der Waals surface area contributed by atoms with Gasteiger partial charge in [-0.2, -0.15) is 13.8 Å². The number of rotatable bonds is 7. The van der Waals surface area contributed by atoms with Crippen molar-refractivity contribution in [3.05, 3.63) is 58.1 Å². The summed E-state index contributed by atoms with van der Waals surface area (Å²) in [5.41, 5.74) is 4.24. The van der Waals surface area contributed by atoms with Gasteiger partial charge in [-0.3, -0.25) is 18.1 Å². The van der Waals surface area contributed by atoms with Crippen LogP contribution in [-0.2, 0) is 27.3 Å². The van der Waals surface area contributed by atoms with Crippen LogP contribution in [0.25, 0.3) is 0 Å². The maximum atomic E-state index is 15.9. The highest BCUT2D eigenvalue weighted by Gasteiger charge is 2.63. The zero-order chi connectivity index (χ0) is 29.7. The highest BCUT2D eigenvalue weighted by Crippen LogP contribution is 2.58. The van der Waals surface area contributed by atoms with Crippen LogP contribution in [0, 0.1) is 11.6 Å². The summed E-state index contributed by atoms with van der Waals surface area (Å²) in [4.78, 5) is 15.9. The Bertz CT molecular complexity index is 1360. The van der Waals surface area contributed by atoms with E-state index in [1.54, 1.807) is 13.1 Å². The van der Waals surface area contributed by atoms with Crippen LogP contribution in [0.3, 0.4) is 0 Å². The van der Waals surface area contributed by atoms with Crippen LogP contribution in [0.4, 0.5) is 23.4 Å². The van der Waals surface area contributed by atoms with Gasteiger partial charge in [0.25, 0.3) is 0 Å². The first kappa shape index (κ1) is 30.8. The molecular weight excluding hydrogens is 577 g/mol. The van der Waals surface area contributed by atoms with Crippen molar-refractivity contribution in [1.82, 2.24) is 9.55 Å². The van der Waals surface area contributed by atoms with Crippen molar-refractivity contribution in [3.63, 3.8) is 0 Å². The lowest BCUT2D eigenvalue weighted by Crippen LogP contribution is -2.52. The molecule has 0 aliphatic carbocycles. The second-order valence-electron chi connectivity index (χ2n) is 11.2. The van der Waals surface area contributed by atoms with E-state index in [9.17, 15) is 18.1 Å². The molecule has 3 heterocycles. The number of anilines is 1. The van der Waals surface area contributed by atoms with Crippen LogP contribution >= 0.6 is 7.82 Å². The normalized spacial score (nSPS) is 29.0. The molecule has 40 heavy (non-hydrogen) atoms. The molecule has 0 saturated carbocycles. The Hall–Kier alpha value is -2.13. The smallest absolute Gasteiger partial charge is 0.405 e. The van der Waals surface area contributed by atoms with Crippen LogP contribution in [0.5, 0.6) is 0 Å². The second-order valence-corrected chi connectivity index (χ2v) is 17.5. The van der Waals surface area contributed by atoms with Gasteiger partial charge >= 0.3 is 19.4 Å². The molecule has 0 radical (unpaired) electrons. The van der Waals surface area contributed by atoms with E-state index in [0.29, 0.717) is 4.57 Å². The van der Waals surface area contributed by atoms with Crippen molar-refractivity contribution in [1.29, 1.82) is 0 Å². The van der Waals surface area contributed by atoms with E-state index in [0.717, 1.165) is 24.4 Å². The molecule has 2 aromatic rings. The quantitative estimate of drug-likeness (QED) is 0.252. The summed E-state index contributed by atoms with van der Waals surface area (Å²) in [7, 11) is -7.29. The van der Waals surface area contributed by atoms with Crippen molar-refractivity contribution < 1.29 is 44.9 Å². The molecule has 0 amide bonds. The zero-order valence-corrected chi connectivity index (χ0v) is 24.5. The number of halogens is 4. The van der Waals surface area contributed by atoms with Gasteiger partial charge in [-0.1, -0.05) is 20.8 Å². The first-order valence-corrected chi connectivity index (χ1v) is 16.9. The molecule has 1 aromatic heterocycles. The van der Waals surface area contributed by atoms with Crippen molar-refractivity contribution in [3.8, 4) is 0 Å². The van der Waals surface area contributed by atoms with Gasteiger partial charge in [0.1, 0.15) is 29.7 Å². The Morgan fingerprint density at radius 2 is 1.95 bits per heavy atom. The fourth-order valence-electron chi connectivity index (χ4n) is 4.06. The molecule has 2 N–H and O–H groups in total. The third-order valence-corrected chi connectivity index (χ3v) is 13.2. The molecule has 2 aliphatic rings. The maximum absolute atomic E-state index is 15.9. The van der Waals surface area contributed by atoms with E-state index in [1.807, 2.05) is 20.8 Å². The topological polar surface area (TPSA) is 124 Å². The summed E-state index contributed by atoms with van der Waals surface area (Å²) >= 11 is 0. The van der Waals surface area contributed by atoms with E-state index in [1.165, 1.54) is 6.07 Å². The molecule has 0 bridgehead atoms. The Balaban J connectivity index is 1.60. The van der Waals surface area contributed by atoms with Crippen LogP contribution in [0.2, 0.25) is 18.1 Å². The highest BCUT2D eigenvalue weighted by molar-refractivity contribution is 7.48. The van der Waals surface area contributed by atoms with Gasteiger partial charge in [0.15, 0.2) is 8.32 Å². The number of alkyl halides is 2. The Kier molecular flexibility index (Phi) is 8.42. The summed E-state index contributed by atoms with van der Waals surface area (Å²) in [5.74, 6) is -5.44. The van der Waals surface area contributed by atoms with Crippen molar-refractivity contribution >= 4 is 22.0 Å². The predicted molar refractivity (Wildman–Crippen MR) is 138 cm³/mol. The lowest BCUT2D eigenvalue weighted by atomic mass is 10.1. The van der Waals surface area contributed by atoms with Gasteiger partial charge in [0, 0.05) is 18.2 Å². The minimum Gasteiger partial charge on any atom is -0.405 e. The van der Waals surface area contributed by atoms with Gasteiger partial charge in [-0.25, -0.2) is 18.1 Å². The SMILES string of the molecule is CC(C)(C)[Si](C)(C)O[C@@H]1[C@@H](COP2(=O)OCC[C@H](c3cc(F)ccc3F)O2)O[C@@H](n2ccc(N)nc2=O)C1(F)F. The first-order valence-electron chi connectivity index (χ1n) is 12.5. The summed E-state index contributed by atoms with van der Waals surface area (Å²) in [5, 5.41) is -0.475. The number of hydrogen-bond donors (Lipinski definition) is 1. The molecule has 222 valence electrons. The number of benzene rings is 1. The molecule has 0 spiro atoms. The fraction of sp³-hybridized carbons (Fsp3) is 0.583. The zero-order valence-electron chi connectivity index (χ0n) is 22.6. The van der Waals surface area contributed by atoms with Crippen LogP contribution in [0.1, 0.15) is 45.1 Å². The van der Waals surface area contributed by atoms with E-state index >= 15 is 8.78 Å². The number of phosphoric ester groups is 1. The molecule has 1 aromatic carbocycles. The standard InChI is InChI=1S/C24H32F4N3O7PSi/c1-23(2,3)40(4,5)38-20-18(36-21(24(20,27)28)31-10-8-19(29)30-22(31)32)13-35-39(33)34-11-9-17(37-39)15-12-14(25)6-7-16(15)26/h6-8,10,12,17-18,20-21H,9,11,13H2,1-5H3,(H2,29,30,32)/t17-,18-,20-,21-,39?/m1/s1. The predicted octanol–water partition coefficient (Wildman–Crippen LogP) is 5.33. The number of hydrogen-bond acceptors (Lipinski definition) is 9. The number of phosphoric acid groups is 1. The molecular formula is C24H32F4N3O7PSi. The minimum atomic E-state index is -4.44.